The van der Waals surface area contributed by atoms with Crippen LogP contribution in [0.1, 0.15) is 10.4 Å². The predicted octanol–water partition coefficient (Wildman–Crippen LogP) is 3.02. The average molecular weight is 456 g/mol. The van der Waals surface area contributed by atoms with Gasteiger partial charge in [0.2, 0.25) is 11.5 Å². The highest BCUT2D eigenvalue weighted by Crippen LogP contribution is 2.38. The zero-order chi connectivity index (χ0) is 22.8. The molecule has 2 N–H and O–H groups in total. The first-order valence-corrected chi connectivity index (χ1v) is 9.68. The van der Waals surface area contributed by atoms with E-state index < -0.39 is 11.5 Å². The number of carbonyl (C=O) groups is 1. The summed E-state index contributed by atoms with van der Waals surface area (Å²) in [4.78, 5) is 32.0. The molecule has 4 aromatic rings. The molecular weight excluding hydrogens is 438 g/mol. The van der Waals surface area contributed by atoms with Crippen molar-refractivity contribution >= 4 is 29.1 Å². The molecule has 164 valence electrons. The molecule has 0 saturated heterocycles. The Kier molecular flexibility index (Phi) is 5.69. The van der Waals surface area contributed by atoms with Gasteiger partial charge >= 0.3 is 0 Å². The first kappa shape index (κ1) is 21.2. The Bertz CT molecular complexity index is 1340. The molecule has 0 aliphatic heterocycles. The van der Waals surface area contributed by atoms with Crippen LogP contribution in [-0.2, 0) is 0 Å². The lowest BCUT2D eigenvalue weighted by atomic mass is 10.1. The van der Waals surface area contributed by atoms with E-state index in [1.807, 2.05) is 0 Å². The van der Waals surface area contributed by atoms with E-state index in [9.17, 15) is 9.59 Å². The normalized spacial score (nSPS) is 10.8. The summed E-state index contributed by atoms with van der Waals surface area (Å²) in [5.74, 6) is 1.14. The van der Waals surface area contributed by atoms with Crippen LogP contribution in [-0.4, -0.2) is 46.8 Å². The van der Waals surface area contributed by atoms with Crippen LogP contribution in [0.15, 0.2) is 47.3 Å². The van der Waals surface area contributed by atoms with E-state index in [0.717, 1.165) is 0 Å². The smallest absolute Gasteiger partial charge is 0.257 e. The number of rotatable bonds is 6. The van der Waals surface area contributed by atoms with E-state index in [0.29, 0.717) is 33.7 Å². The Hall–Kier alpha value is -4.05. The van der Waals surface area contributed by atoms with E-state index in [1.165, 1.54) is 44.0 Å². The molecule has 2 heterocycles. The number of halogens is 1. The van der Waals surface area contributed by atoms with Gasteiger partial charge < -0.3 is 19.5 Å². The second kappa shape index (κ2) is 8.60. The van der Waals surface area contributed by atoms with Crippen molar-refractivity contribution in [3.8, 4) is 28.6 Å². The molecule has 0 atom stereocenters. The predicted molar refractivity (Wildman–Crippen MR) is 118 cm³/mol. The molecule has 2 aromatic heterocycles. The highest BCUT2D eigenvalue weighted by molar-refractivity contribution is 6.30. The molecule has 0 aliphatic rings. The first-order valence-electron chi connectivity index (χ1n) is 9.31. The lowest BCUT2D eigenvalue weighted by Gasteiger charge is -2.14. The van der Waals surface area contributed by atoms with E-state index in [-0.39, 0.29) is 17.2 Å². The van der Waals surface area contributed by atoms with Gasteiger partial charge in [0.25, 0.3) is 11.5 Å². The van der Waals surface area contributed by atoms with Crippen molar-refractivity contribution < 1.29 is 19.0 Å². The third-order valence-electron chi connectivity index (χ3n) is 4.61. The van der Waals surface area contributed by atoms with Crippen LogP contribution in [0.3, 0.4) is 0 Å². The van der Waals surface area contributed by atoms with Crippen LogP contribution in [0, 0.1) is 0 Å². The fourth-order valence-electron chi connectivity index (χ4n) is 3.10. The number of anilines is 1. The van der Waals surface area contributed by atoms with Gasteiger partial charge in [-0.2, -0.15) is 9.50 Å². The molecule has 2 aromatic carbocycles. The molecule has 0 saturated carbocycles. The summed E-state index contributed by atoms with van der Waals surface area (Å²) in [7, 11) is 4.37. The first-order chi connectivity index (χ1) is 15.4. The highest BCUT2D eigenvalue weighted by Gasteiger charge is 2.19. The number of fused-ring (bicyclic) bond motifs is 1. The van der Waals surface area contributed by atoms with Gasteiger partial charge in [-0.15, -0.1) is 5.10 Å². The van der Waals surface area contributed by atoms with Gasteiger partial charge in [0.05, 0.1) is 21.3 Å². The van der Waals surface area contributed by atoms with Gasteiger partial charge in [0.1, 0.15) is 5.82 Å². The summed E-state index contributed by atoms with van der Waals surface area (Å²) in [5, 5.41) is 7.66. The number of H-pyrrole nitrogens is 1. The van der Waals surface area contributed by atoms with Crippen LogP contribution < -0.4 is 25.1 Å². The molecule has 0 unspecified atom stereocenters. The van der Waals surface area contributed by atoms with Crippen molar-refractivity contribution in [1.29, 1.82) is 0 Å². The number of nitrogens with one attached hydrogen (secondary N) is 2. The van der Waals surface area contributed by atoms with Crippen molar-refractivity contribution in [3.63, 3.8) is 0 Å². The lowest BCUT2D eigenvalue weighted by Crippen LogP contribution is -2.19. The van der Waals surface area contributed by atoms with Gasteiger partial charge in [-0.25, -0.2) is 0 Å². The number of ether oxygens (including phenoxy) is 3. The molecule has 0 radical (unpaired) electrons. The minimum Gasteiger partial charge on any atom is -0.493 e. The zero-order valence-electron chi connectivity index (χ0n) is 17.3. The second-order valence-electron chi connectivity index (χ2n) is 6.56. The van der Waals surface area contributed by atoms with Crippen LogP contribution in [0.4, 0.5) is 5.82 Å². The summed E-state index contributed by atoms with van der Waals surface area (Å²) in [6.07, 6.45) is 0. The third-order valence-corrected chi connectivity index (χ3v) is 4.86. The Morgan fingerprint density at radius 1 is 1.03 bits per heavy atom. The SMILES string of the molecule is COc1cc(C(=O)Nc2cc(=O)[nH]c3nc(-c4ccc(Cl)cc4)nn23)cc(OC)c1OC. The molecule has 0 aliphatic carbocycles. The van der Waals surface area contributed by atoms with Gasteiger partial charge in [0, 0.05) is 22.2 Å². The quantitative estimate of drug-likeness (QED) is 0.458. The minimum atomic E-state index is -0.514. The Labute approximate surface area is 186 Å². The monoisotopic (exact) mass is 455 g/mol. The summed E-state index contributed by atoms with van der Waals surface area (Å²) in [6.45, 7) is 0. The number of nitrogens with zero attached hydrogens (tertiary/aromatic N) is 3. The fourth-order valence-corrected chi connectivity index (χ4v) is 3.23. The van der Waals surface area contributed by atoms with Crippen molar-refractivity contribution in [2.24, 2.45) is 0 Å². The number of aromatic amines is 1. The maximum absolute atomic E-state index is 13.0. The summed E-state index contributed by atoms with van der Waals surface area (Å²) < 4.78 is 17.2. The number of benzene rings is 2. The fraction of sp³-hybridized carbons (Fsp3) is 0.143. The zero-order valence-corrected chi connectivity index (χ0v) is 18.1. The molecule has 0 fully saturated rings. The van der Waals surface area contributed by atoms with E-state index in [2.05, 4.69) is 20.4 Å². The van der Waals surface area contributed by atoms with Crippen molar-refractivity contribution in [1.82, 2.24) is 19.6 Å². The van der Waals surface area contributed by atoms with E-state index in [4.69, 9.17) is 25.8 Å². The number of methoxy groups -OCH3 is 3. The Morgan fingerprint density at radius 2 is 1.69 bits per heavy atom. The van der Waals surface area contributed by atoms with Crippen LogP contribution in [0.25, 0.3) is 17.2 Å². The standard InChI is InChI=1S/C21H18ClN5O5/c1-30-14-8-12(9-15(31-2)18(14)32-3)20(29)23-16-10-17(28)24-21-25-19(26-27(16)21)11-4-6-13(22)7-5-11/h4-10H,1-3H3,(H,23,29)(H,24,25,26,28). The maximum atomic E-state index is 13.0. The van der Waals surface area contributed by atoms with Crippen LogP contribution in [0.2, 0.25) is 5.02 Å². The highest BCUT2D eigenvalue weighted by atomic mass is 35.5. The van der Waals surface area contributed by atoms with E-state index in [1.54, 1.807) is 24.3 Å². The average Bonchev–Trinajstić information content (AvgIpc) is 3.22. The minimum absolute atomic E-state index is 0.134. The van der Waals surface area contributed by atoms with Gasteiger partial charge in [-0.3, -0.25) is 14.6 Å². The molecule has 10 nitrogen and oxygen atoms in total. The molecule has 0 spiro atoms. The number of amides is 1. The molecular formula is C21H18ClN5O5. The maximum Gasteiger partial charge on any atom is 0.257 e. The number of aromatic nitrogens is 4. The molecule has 4 rings (SSSR count). The molecule has 0 bridgehead atoms. The van der Waals surface area contributed by atoms with Crippen molar-refractivity contribution in [2.45, 2.75) is 0 Å². The van der Waals surface area contributed by atoms with Gasteiger partial charge in [-0.1, -0.05) is 11.6 Å². The van der Waals surface area contributed by atoms with Gasteiger partial charge in [0.15, 0.2) is 17.3 Å². The molecule has 1 amide bonds. The van der Waals surface area contributed by atoms with Crippen LogP contribution >= 0.6 is 11.6 Å². The largest absolute Gasteiger partial charge is 0.493 e. The summed E-state index contributed by atoms with van der Waals surface area (Å²) >= 11 is 5.93. The Morgan fingerprint density at radius 3 is 2.28 bits per heavy atom. The third kappa shape index (κ3) is 3.95. The Balaban J connectivity index is 1.73. The molecule has 11 heteroatoms. The summed E-state index contributed by atoms with van der Waals surface area (Å²) in [5.41, 5.74) is 0.472. The van der Waals surface area contributed by atoms with Crippen LogP contribution in [0.5, 0.6) is 17.2 Å². The van der Waals surface area contributed by atoms with Crippen molar-refractivity contribution in [2.75, 3.05) is 26.6 Å². The molecule has 32 heavy (non-hydrogen) atoms. The lowest BCUT2D eigenvalue weighted by molar-refractivity contribution is 0.102. The summed E-state index contributed by atoms with van der Waals surface area (Å²) in [6, 6.07) is 11.1. The number of carbonyl (C=O) groups excluding carboxylic acids is 1. The van der Waals surface area contributed by atoms with E-state index >= 15 is 0 Å². The topological polar surface area (TPSA) is 120 Å². The number of hydrogen-bond donors (Lipinski definition) is 2. The number of hydrogen-bond acceptors (Lipinski definition) is 7. The van der Waals surface area contributed by atoms with Crippen molar-refractivity contribution in [3.05, 3.63) is 63.4 Å². The second-order valence-corrected chi connectivity index (χ2v) is 7.00. The van der Waals surface area contributed by atoms with Gasteiger partial charge in [-0.05, 0) is 36.4 Å².